The van der Waals surface area contributed by atoms with Gasteiger partial charge in [0.25, 0.3) is 0 Å². The molecule has 1 aliphatic carbocycles. The molecule has 1 aliphatic heterocycles. The fourth-order valence-corrected chi connectivity index (χ4v) is 6.48. The van der Waals surface area contributed by atoms with Crippen LogP contribution in [0, 0.1) is 5.92 Å². The Balaban J connectivity index is 1.71. The second-order valence-corrected chi connectivity index (χ2v) is 9.97. The molecule has 22 heavy (non-hydrogen) atoms. The van der Waals surface area contributed by atoms with E-state index in [1.54, 1.807) is 11.3 Å². The van der Waals surface area contributed by atoms with Crippen molar-refractivity contribution >= 4 is 21.2 Å². The number of fused-ring (bicyclic) bond motifs is 1. The van der Waals surface area contributed by atoms with Gasteiger partial charge < -0.3 is 5.11 Å². The lowest BCUT2D eigenvalue weighted by Gasteiger charge is -2.26. The molecule has 5 nitrogen and oxygen atoms in total. The molecular formula is C15H24N2O3S2. The van der Waals surface area contributed by atoms with E-state index >= 15 is 0 Å². The largest absolute Gasteiger partial charge is 0.395 e. The second-order valence-electron chi connectivity index (χ2n) is 6.58. The molecule has 0 saturated carbocycles. The Kier molecular flexibility index (Phi) is 4.87. The van der Waals surface area contributed by atoms with Crippen LogP contribution in [-0.2, 0) is 29.2 Å². The van der Waals surface area contributed by atoms with Gasteiger partial charge in [0, 0.05) is 17.5 Å². The SMILES string of the molecule is CC1CCc2nc(CN(CCO)C3CCS(=O)(=O)C3)sc2C1. The standard InChI is InChI=1S/C15H24N2O3S2/c1-11-2-3-13-14(8-11)21-15(16-13)9-17(5-6-18)12-4-7-22(19,20)10-12/h11-12,18H,2-10H2,1H3. The van der Waals surface area contributed by atoms with Crippen molar-refractivity contribution in [3.63, 3.8) is 0 Å². The lowest BCUT2D eigenvalue weighted by atomic mass is 9.93. The Morgan fingerprint density at radius 1 is 1.41 bits per heavy atom. The molecule has 0 bridgehead atoms. The fourth-order valence-electron chi connectivity index (χ4n) is 3.42. The summed E-state index contributed by atoms with van der Waals surface area (Å²) in [6.07, 6.45) is 4.05. The van der Waals surface area contributed by atoms with E-state index in [4.69, 9.17) is 4.98 Å². The predicted octanol–water partition coefficient (Wildman–Crippen LogP) is 1.25. The van der Waals surface area contributed by atoms with E-state index in [0.29, 0.717) is 19.5 Å². The van der Waals surface area contributed by atoms with Gasteiger partial charge in [-0.25, -0.2) is 13.4 Å². The van der Waals surface area contributed by atoms with Crippen LogP contribution < -0.4 is 0 Å². The van der Waals surface area contributed by atoms with E-state index in [1.165, 1.54) is 17.0 Å². The molecule has 7 heteroatoms. The first-order valence-electron chi connectivity index (χ1n) is 7.99. The van der Waals surface area contributed by atoms with Gasteiger partial charge in [-0.1, -0.05) is 6.92 Å². The van der Waals surface area contributed by atoms with Crippen LogP contribution >= 0.6 is 11.3 Å². The van der Waals surface area contributed by atoms with Crippen LogP contribution in [0.25, 0.3) is 0 Å². The zero-order valence-corrected chi connectivity index (χ0v) is 14.6. The number of aliphatic hydroxyl groups is 1. The van der Waals surface area contributed by atoms with E-state index in [1.807, 2.05) is 0 Å². The summed E-state index contributed by atoms with van der Waals surface area (Å²) in [5.74, 6) is 1.22. The van der Waals surface area contributed by atoms with Gasteiger partial charge in [-0.05, 0) is 31.6 Å². The number of nitrogens with zero attached hydrogens (tertiary/aromatic N) is 2. The Labute approximate surface area is 136 Å². The average molecular weight is 345 g/mol. The highest BCUT2D eigenvalue weighted by Crippen LogP contribution is 2.31. The molecule has 0 amide bonds. The van der Waals surface area contributed by atoms with Gasteiger partial charge in [-0.2, -0.15) is 0 Å². The monoisotopic (exact) mass is 344 g/mol. The summed E-state index contributed by atoms with van der Waals surface area (Å²) in [7, 11) is -2.90. The van der Waals surface area contributed by atoms with Crippen LogP contribution in [0.4, 0.5) is 0 Å². The molecule has 0 radical (unpaired) electrons. The van der Waals surface area contributed by atoms with Gasteiger partial charge in [0.2, 0.25) is 0 Å². The van der Waals surface area contributed by atoms with Crippen LogP contribution in [0.3, 0.4) is 0 Å². The summed E-state index contributed by atoms with van der Waals surface area (Å²) in [6.45, 7) is 3.51. The van der Waals surface area contributed by atoms with E-state index in [2.05, 4.69) is 11.8 Å². The van der Waals surface area contributed by atoms with Crippen LogP contribution in [0.1, 0.15) is 35.3 Å². The quantitative estimate of drug-likeness (QED) is 0.870. The number of aryl methyl sites for hydroxylation is 1. The number of hydrogen-bond donors (Lipinski definition) is 1. The van der Waals surface area contributed by atoms with Gasteiger partial charge in [0.15, 0.2) is 9.84 Å². The third-order valence-corrected chi connectivity index (χ3v) is 7.54. The minimum atomic E-state index is -2.90. The topological polar surface area (TPSA) is 70.5 Å². The van der Waals surface area contributed by atoms with Crippen molar-refractivity contribution in [1.82, 2.24) is 9.88 Å². The minimum absolute atomic E-state index is 0.0250. The molecule has 2 unspecified atom stereocenters. The molecule has 124 valence electrons. The molecule has 2 aliphatic rings. The third kappa shape index (κ3) is 3.69. The summed E-state index contributed by atoms with van der Waals surface area (Å²) < 4.78 is 23.4. The van der Waals surface area contributed by atoms with E-state index in [-0.39, 0.29) is 24.2 Å². The van der Waals surface area contributed by atoms with Crippen LogP contribution in [0.5, 0.6) is 0 Å². The lowest BCUT2D eigenvalue weighted by Crippen LogP contribution is -2.37. The normalized spacial score (nSPS) is 27.2. The average Bonchev–Trinajstić information content (AvgIpc) is 3.00. The number of aromatic nitrogens is 1. The van der Waals surface area contributed by atoms with Crippen molar-refractivity contribution in [2.75, 3.05) is 24.7 Å². The van der Waals surface area contributed by atoms with Crippen LogP contribution in [0.2, 0.25) is 0 Å². The Bertz CT molecular complexity index is 627. The first-order valence-corrected chi connectivity index (χ1v) is 10.6. The molecule has 2 heterocycles. The molecule has 1 aromatic rings. The van der Waals surface area contributed by atoms with E-state index in [9.17, 15) is 13.5 Å². The smallest absolute Gasteiger partial charge is 0.151 e. The molecule has 1 N–H and O–H groups in total. The zero-order valence-electron chi connectivity index (χ0n) is 13.0. The number of sulfone groups is 1. The molecule has 1 saturated heterocycles. The first kappa shape index (κ1) is 16.4. The molecule has 0 aromatic carbocycles. The van der Waals surface area contributed by atoms with Gasteiger partial charge in [0.1, 0.15) is 5.01 Å². The van der Waals surface area contributed by atoms with E-state index in [0.717, 1.165) is 23.8 Å². The van der Waals surface area contributed by atoms with Crippen LogP contribution in [-0.4, -0.2) is 54.1 Å². The Hall–Kier alpha value is -0.500. The second kappa shape index (κ2) is 6.55. The van der Waals surface area contributed by atoms with Crippen LogP contribution in [0.15, 0.2) is 0 Å². The lowest BCUT2D eigenvalue weighted by molar-refractivity contribution is 0.153. The first-order chi connectivity index (χ1) is 10.5. The molecular weight excluding hydrogens is 320 g/mol. The van der Waals surface area contributed by atoms with Crippen molar-refractivity contribution in [1.29, 1.82) is 0 Å². The molecule has 1 aromatic heterocycles. The number of aliphatic hydroxyl groups excluding tert-OH is 1. The van der Waals surface area contributed by atoms with Crippen molar-refractivity contribution < 1.29 is 13.5 Å². The van der Waals surface area contributed by atoms with Gasteiger partial charge in [0.05, 0.1) is 30.4 Å². The summed E-state index contributed by atoms with van der Waals surface area (Å²) in [4.78, 5) is 8.26. The van der Waals surface area contributed by atoms with Crippen molar-refractivity contribution in [2.24, 2.45) is 5.92 Å². The third-order valence-electron chi connectivity index (χ3n) is 4.68. The van der Waals surface area contributed by atoms with Crippen molar-refractivity contribution in [3.05, 3.63) is 15.6 Å². The summed E-state index contributed by atoms with van der Waals surface area (Å²) in [5, 5.41) is 10.4. The number of thiazole rings is 1. The maximum Gasteiger partial charge on any atom is 0.151 e. The van der Waals surface area contributed by atoms with Gasteiger partial charge >= 0.3 is 0 Å². The maximum absolute atomic E-state index is 11.7. The highest BCUT2D eigenvalue weighted by atomic mass is 32.2. The summed E-state index contributed by atoms with van der Waals surface area (Å²) in [5.41, 5.74) is 1.24. The highest BCUT2D eigenvalue weighted by Gasteiger charge is 2.32. The summed E-state index contributed by atoms with van der Waals surface area (Å²) >= 11 is 1.77. The maximum atomic E-state index is 11.7. The summed E-state index contributed by atoms with van der Waals surface area (Å²) in [6, 6.07) is 0.0250. The zero-order chi connectivity index (χ0) is 15.7. The predicted molar refractivity (Wildman–Crippen MR) is 87.9 cm³/mol. The fraction of sp³-hybridized carbons (Fsp3) is 0.800. The Morgan fingerprint density at radius 3 is 2.91 bits per heavy atom. The minimum Gasteiger partial charge on any atom is -0.395 e. The highest BCUT2D eigenvalue weighted by molar-refractivity contribution is 7.91. The molecule has 3 rings (SSSR count). The molecule has 2 atom stereocenters. The van der Waals surface area contributed by atoms with Crippen molar-refractivity contribution in [3.8, 4) is 0 Å². The number of hydrogen-bond acceptors (Lipinski definition) is 6. The Morgan fingerprint density at radius 2 is 2.23 bits per heavy atom. The van der Waals surface area contributed by atoms with Gasteiger partial charge in [-0.3, -0.25) is 4.90 Å². The number of rotatable bonds is 5. The van der Waals surface area contributed by atoms with Gasteiger partial charge in [-0.15, -0.1) is 11.3 Å². The molecule has 1 fully saturated rings. The van der Waals surface area contributed by atoms with E-state index < -0.39 is 9.84 Å². The molecule has 0 spiro atoms. The van der Waals surface area contributed by atoms with Crippen molar-refractivity contribution in [2.45, 2.75) is 45.2 Å².